The van der Waals surface area contributed by atoms with Gasteiger partial charge in [-0.3, -0.25) is 15.5 Å². The summed E-state index contributed by atoms with van der Waals surface area (Å²) in [6, 6.07) is 2.78. The first-order valence-electron chi connectivity index (χ1n) is 9.91. The van der Waals surface area contributed by atoms with E-state index in [1.165, 1.54) is 0 Å². The summed E-state index contributed by atoms with van der Waals surface area (Å²) in [7, 11) is 2.08. The highest BCUT2D eigenvalue weighted by Crippen LogP contribution is 2.31. The minimum absolute atomic E-state index is 0.00445. The molecule has 4 fully saturated rings. The van der Waals surface area contributed by atoms with Gasteiger partial charge in [0, 0.05) is 12.6 Å². The number of nitrogens with zero attached hydrogens (tertiary/aromatic N) is 3. The first kappa shape index (κ1) is 18.0. The van der Waals surface area contributed by atoms with Gasteiger partial charge >= 0.3 is 6.03 Å². The molecule has 4 rings (SSSR count). The van der Waals surface area contributed by atoms with Crippen molar-refractivity contribution in [1.82, 2.24) is 25.8 Å². The molecule has 2 bridgehead atoms. The third kappa shape index (κ3) is 3.07. The molecule has 4 aliphatic rings. The number of urea groups is 1. The smallest absolute Gasteiger partial charge is 0.320 e. The van der Waals surface area contributed by atoms with Crippen LogP contribution < -0.4 is 16.0 Å². The average molecular weight is 362 g/mol. The van der Waals surface area contributed by atoms with Gasteiger partial charge in [-0.1, -0.05) is 0 Å². The molecule has 4 saturated heterocycles. The summed E-state index contributed by atoms with van der Waals surface area (Å²) in [5.41, 5.74) is 0. The fourth-order valence-electron chi connectivity index (χ4n) is 4.98. The Bertz CT molecular complexity index is 581. The predicted molar refractivity (Wildman–Crippen MR) is 95.8 cm³/mol. The van der Waals surface area contributed by atoms with Crippen LogP contribution in [-0.4, -0.2) is 72.7 Å². The topological polar surface area (TPSA) is 92.7 Å². The van der Waals surface area contributed by atoms with Gasteiger partial charge in [0.2, 0.25) is 0 Å². The van der Waals surface area contributed by atoms with Crippen LogP contribution >= 0.6 is 0 Å². The van der Waals surface area contributed by atoms with Crippen molar-refractivity contribution in [2.45, 2.75) is 75.7 Å². The van der Waals surface area contributed by atoms with Crippen LogP contribution in [-0.2, 0) is 4.74 Å². The Balaban J connectivity index is 1.64. The number of fused-ring (bicyclic) bond motifs is 3. The Morgan fingerprint density at radius 2 is 2.12 bits per heavy atom. The molecule has 8 heteroatoms. The second-order valence-corrected chi connectivity index (χ2v) is 8.07. The number of nitriles is 1. The summed E-state index contributed by atoms with van der Waals surface area (Å²) < 4.78 is 6.24. The van der Waals surface area contributed by atoms with Crippen molar-refractivity contribution >= 4 is 6.03 Å². The highest BCUT2D eigenvalue weighted by atomic mass is 16.5. The summed E-state index contributed by atoms with van der Waals surface area (Å²) in [6.45, 7) is 3.78. The van der Waals surface area contributed by atoms with Crippen molar-refractivity contribution in [3.05, 3.63) is 0 Å². The standard InChI is InChI=1S/C18H30N6O2/c1-11-4-3-9-26-13-7-8-20-16-15(13)24(18(25)22-16)14-6-5-12(10-19)17(21-14)23(11)2/h11-17,20-21H,3-9H2,1-2H3,(H,22,25)/t11-,12?,13?,14?,15?,16?,17?/m0/s1. The molecule has 2 amide bonds. The summed E-state index contributed by atoms with van der Waals surface area (Å²) in [6.07, 6.45) is 4.43. The van der Waals surface area contributed by atoms with E-state index in [1.807, 2.05) is 4.90 Å². The molecule has 0 aromatic rings. The van der Waals surface area contributed by atoms with Crippen LogP contribution in [0.25, 0.3) is 0 Å². The molecule has 3 N–H and O–H groups in total. The number of nitrogens with one attached hydrogen (secondary N) is 3. The number of hydrogen-bond acceptors (Lipinski definition) is 6. The van der Waals surface area contributed by atoms with Gasteiger partial charge in [0.05, 0.1) is 36.5 Å². The van der Waals surface area contributed by atoms with Crippen LogP contribution in [0.5, 0.6) is 0 Å². The molecule has 0 spiro atoms. The molecule has 0 aromatic carbocycles. The maximum atomic E-state index is 12.8. The van der Waals surface area contributed by atoms with E-state index in [0.717, 1.165) is 45.3 Å². The molecule has 144 valence electrons. The Morgan fingerprint density at radius 1 is 1.27 bits per heavy atom. The van der Waals surface area contributed by atoms with Gasteiger partial charge in [0.25, 0.3) is 0 Å². The van der Waals surface area contributed by atoms with Crippen LogP contribution in [0.15, 0.2) is 0 Å². The van der Waals surface area contributed by atoms with E-state index in [1.54, 1.807) is 0 Å². The molecule has 0 aliphatic carbocycles. The largest absolute Gasteiger partial charge is 0.376 e. The SMILES string of the molecule is C[C@H]1CCCOC2CCNC3NC(=O)N(C4CCC(C#N)C(N4)N1C)C32. The second kappa shape index (κ2) is 7.31. The lowest BCUT2D eigenvalue weighted by atomic mass is 9.91. The monoisotopic (exact) mass is 362 g/mol. The van der Waals surface area contributed by atoms with Gasteiger partial charge in [-0.25, -0.2) is 4.79 Å². The van der Waals surface area contributed by atoms with Crippen LogP contribution in [0.4, 0.5) is 4.79 Å². The lowest BCUT2D eigenvalue weighted by molar-refractivity contribution is -0.0545. The molecular weight excluding hydrogens is 332 g/mol. The van der Waals surface area contributed by atoms with Crippen LogP contribution in [0.2, 0.25) is 0 Å². The van der Waals surface area contributed by atoms with Gasteiger partial charge in [0.15, 0.2) is 0 Å². The van der Waals surface area contributed by atoms with Gasteiger partial charge in [-0.15, -0.1) is 0 Å². The quantitative estimate of drug-likeness (QED) is 0.577. The lowest BCUT2D eigenvalue weighted by Crippen LogP contribution is -2.66. The molecule has 4 aliphatic heterocycles. The highest BCUT2D eigenvalue weighted by Gasteiger charge is 2.51. The zero-order chi connectivity index (χ0) is 18.3. The first-order chi connectivity index (χ1) is 12.6. The van der Waals surface area contributed by atoms with E-state index in [9.17, 15) is 10.1 Å². The fraction of sp³-hybridized carbons (Fsp3) is 0.889. The Hall–Kier alpha value is -1.40. The summed E-state index contributed by atoms with van der Waals surface area (Å²) in [5, 5.41) is 19.8. The van der Waals surface area contributed by atoms with Gasteiger partial charge in [-0.2, -0.15) is 5.26 Å². The Kier molecular flexibility index (Phi) is 5.06. The van der Waals surface area contributed by atoms with Crippen molar-refractivity contribution in [1.29, 1.82) is 5.26 Å². The fourth-order valence-corrected chi connectivity index (χ4v) is 4.98. The minimum atomic E-state index is -0.0697. The third-order valence-electron chi connectivity index (χ3n) is 6.58. The Labute approximate surface area is 155 Å². The summed E-state index contributed by atoms with van der Waals surface area (Å²) in [5.74, 6) is -0.0559. The summed E-state index contributed by atoms with van der Waals surface area (Å²) >= 11 is 0. The molecule has 0 aromatic heterocycles. The highest BCUT2D eigenvalue weighted by molar-refractivity contribution is 5.78. The zero-order valence-corrected chi connectivity index (χ0v) is 15.6. The van der Waals surface area contributed by atoms with Crippen LogP contribution in [0.3, 0.4) is 0 Å². The van der Waals surface area contributed by atoms with E-state index in [-0.39, 0.29) is 42.6 Å². The van der Waals surface area contributed by atoms with Gasteiger partial charge in [0.1, 0.15) is 6.17 Å². The van der Waals surface area contributed by atoms with Crippen molar-refractivity contribution in [2.75, 3.05) is 20.2 Å². The Morgan fingerprint density at radius 3 is 2.92 bits per heavy atom. The maximum absolute atomic E-state index is 12.8. The molecule has 6 unspecified atom stereocenters. The number of amides is 2. The molecule has 8 nitrogen and oxygen atoms in total. The first-order valence-corrected chi connectivity index (χ1v) is 9.91. The maximum Gasteiger partial charge on any atom is 0.320 e. The number of hydrogen-bond donors (Lipinski definition) is 3. The van der Waals surface area contributed by atoms with Crippen molar-refractivity contribution in [3.8, 4) is 6.07 Å². The number of rotatable bonds is 0. The third-order valence-corrected chi connectivity index (χ3v) is 6.58. The van der Waals surface area contributed by atoms with Crippen molar-refractivity contribution < 1.29 is 9.53 Å². The van der Waals surface area contributed by atoms with E-state index in [2.05, 4.69) is 40.9 Å². The van der Waals surface area contributed by atoms with E-state index < -0.39 is 0 Å². The number of piperidine rings is 2. The number of ether oxygens (including phenoxy) is 1. The molecule has 0 radical (unpaired) electrons. The van der Waals surface area contributed by atoms with E-state index in [4.69, 9.17) is 4.74 Å². The van der Waals surface area contributed by atoms with E-state index >= 15 is 0 Å². The number of carbonyl (C=O) groups is 1. The van der Waals surface area contributed by atoms with Gasteiger partial charge < -0.3 is 15.0 Å². The normalized spacial score (nSPS) is 44.3. The number of carbonyl (C=O) groups excluding carboxylic acids is 1. The second-order valence-electron chi connectivity index (χ2n) is 8.07. The minimum Gasteiger partial charge on any atom is -0.376 e. The van der Waals surface area contributed by atoms with Crippen LogP contribution in [0, 0.1) is 17.2 Å². The van der Waals surface area contributed by atoms with Crippen molar-refractivity contribution in [2.24, 2.45) is 5.92 Å². The van der Waals surface area contributed by atoms with E-state index in [0.29, 0.717) is 6.04 Å². The van der Waals surface area contributed by atoms with Crippen LogP contribution in [0.1, 0.15) is 39.0 Å². The molecule has 7 atom stereocenters. The zero-order valence-electron chi connectivity index (χ0n) is 15.6. The van der Waals surface area contributed by atoms with Crippen molar-refractivity contribution in [3.63, 3.8) is 0 Å². The predicted octanol–water partition coefficient (Wildman–Crippen LogP) is 0.374. The molecular formula is C18H30N6O2. The summed E-state index contributed by atoms with van der Waals surface area (Å²) in [4.78, 5) is 17.0. The molecule has 26 heavy (non-hydrogen) atoms. The van der Waals surface area contributed by atoms with Gasteiger partial charge in [-0.05, 0) is 52.6 Å². The average Bonchev–Trinajstić information content (AvgIpc) is 2.99. The lowest BCUT2D eigenvalue weighted by Gasteiger charge is -2.47. The molecule has 4 heterocycles. The molecule has 0 saturated carbocycles.